The van der Waals surface area contributed by atoms with Gasteiger partial charge in [-0.3, -0.25) is 0 Å². The van der Waals surface area contributed by atoms with Gasteiger partial charge in [0.15, 0.2) is 0 Å². The third-order valence-corrected chi connectivity index (χ3v) is 6.21. The number of aliphatic hydroxyl groups excluding tert-OH is 1. The Morgan fingerprint density at radius 3 is 2.41 bits per heavy atom. The minimum absolute atomic E-state index is 0.0317. The Labute approximate surface area is 199 Å². The number of rotatable bonds is 11. The maximum absolute atomic E-state index is 13.7. The lowest BCUT2D eigenvalue weighted by molar-refractivity contribution is -0.139. The Balaban J connectivity index is 1.59. The third kappa shape index (κ3) is 6.66. The van der Waals surface area contributed by atoms with Crippen LogP contribution in [0.3, 0.4) is 0 Å². The molecule has 0 bridgehead atoms. The number of benzene rings is 2. The van der Waals surface area contributed by atoms with E-state index in [9.17, 15) is 18.3 Å². The molecule has 1 heterocycles. The van der Waals surface area contributed by atoms with Crippen molar-refractivity contribution in [3.8, 4) is 22.1 Å². The Hall–Kier alpha value is -2.73. The number of hydrogen-bond acceptors (Lipinski definition) is 8. The molecule has 1 unspecified atom stereocenters. The first-order chi connectivity index (χ1) is 16.1. The number of hydrogen-bond donors (Lipinski definition) is 2. The zero-order valence-electron chi connectivity index (χ0n) is 18.8. The number of methoxy groups -OCH3 is 1. The van der Waals surface area contributed by atoms with Crippen LogP contribution in [0.2, 0.25) is 0 Å². The lowest BCUT2D eigenvalue weighted by atomic mass is 10.1. The SMILES string of the molecule is COc1ccc(CCOCCOc2ccc(-c3nnc(C(C)(N)CO)s3)cc2C(F)(F)F)cc1. The maximum atomic E-state index is 13.7. The zero-order chi connectivity index (χ0) is 24.8. The molecule has 0 radical (unpaired) electrons. The summed E-state index contributed by atoms with van der Waals surface area (Å²) in [4.78, 5) is 0. The van der Waals surface area contributed by atoms with E-state index in [1.807, 2.05) is 24.3 Å². The van der Waals surface area contributed by atoms with Crippen molar-refractivity contribution in [2.45, 2.75) is 25.1 Å². The van der Waals surface area contributed by atoms with Crippen molar-refractivity contribution in [2.24, 2.45) is 5.73 Å². The molecule has 7 nitrogen and oxygen atoms in total. The molecule has 0 amide bonds. The van der Waals surface area contributed by atoms with E-state index < -0.39 is 17.3 Å². The third-order valence-electron chi connectivity index (χ3n) is 4.95. The second-order valence-corrected chi connectivity index (χ2v) is 8.73. The summed E-state index contributed by atoms with van der Waals surface area (Å²) in [7, 11) is 1.59. The van der Waals surface area contributed by atoms with Gasteiger partial charge in [0, 0.05) is 5.56 Å². The van der Waals surface area contributed by atoms with Crippen LogP contribution in [0, 0.1) is 0 Å². The predicted molar refractivity (Wildman–Crippen MR) is 122 cm³/mol. The van der Waals surface area contributed by atoms with Crippen LogP contribution in [0.5, 0.6) is 11.5 Å². The summed E-state index contributed by atoms with van der Waals surface area (Å²) in [5.74, 6) is 0.470. The molecule has 0 fully saturated rings. The Bertz CT molecular complexity index is 1070. The highest BCUT2D eigenvalue weighted by atomic mass is 32.1. The fraction of sp³-hybridized carbons (Fsp3) is 0.391. The second-order valence-electron chi connectivity index (χ2n) is 7.76. The van der Waals surface area contributed by atoms with E-state index in [-0.39, 0.29) is 36.1 Å². The highest BCUT2D eigenvalue weighted by Gasteiger charge is 2.35. The van der Waals surface area contributed by atoms with E-state index in [2.05, 4.69) is 10.2 Å². The van der Waals surface area contributed by atoms with Crippen LogP contribution in [0.25, 0.3) is 10.6 Å². The van der Waals surface area contributed by atoms with Crippen LogP contribution in [-0.4, -0.2) is 48.8 Å². The van der Waals surface area contributed by atoms with Gasteiger partial charge in [0.1, 0.15) is 28.1 Å². The van der Waals surface area contributed by atoms with Crippen LogP contribution in [0.15, 0.2) is 42.5 Å². The van der Waals surface area contributed by atoms with Gasteiger partial charge in [-0.2, -0.15) is 13.2 Å². The van der Waals surface area contributed by atoms with E-state index in [0.29, 0.717) is 18.0 Å². The molecule has 0 saturated carbocycles. The van der Waals surface area contributed by atoms with Gasteiger partial charge in [0.05, 0.1) is 38.0 Å². The first-order valence-corrected chi connectivity index (χ1v) is 11.2. The highest BCUT2D eigenvalue weighted by Crippen LogP contribution is 2.39. The number of ether oxygens (including phenoxy) is 3. The minimum atomic E-state index is -4.62. The average Bonchev–Trinajstić information content (AvgIpc) is 3.32. The number of aliphatic hydroxyl groups is 1. The molecule has 184 valence electrons. The Kier molecular flexibility index (Phi) is 8.47. The summed E-state index contributed by atoms with van der Waals surface area (Å²) in [6.45, 7) is 1.72. The molecule has 3 N–H and O–H groups in total. The Morgan fingerprint density at radius 2 is 1.76 bits per heavy atom. The van der Waals surface area contributed by atoms with Crippen LogP contribution in [0.4, 0.5) is 13.2 Å². The zero-order valence-corrected chi connectivity index (χ0v) is 19.6. The van der Waals surface area contributed by atoms with Crippen molar-refractivity contribution in [1.29, 1.82) is 0 Å². The van der Waals surface area contributed by atoms with Gasteiger partial charge in [0.2, 0.25) is 0 Å². The van der Waals surface area contributed by atoms with Gasteiger partial charge in [-0.25, -0.2) is 0 Å². The number of nitrogens with two attached hydrogens (primary N) is 1. The van der Waals surface area contributed by atoms with Gasteiger partial charge in [-0.1, -0.05) is 23.5 Å². The molecule has 0 aliphatic carbocycles. The summed E-state index contributed by atoms with van der Waals surface area (Å²) in [5.41, 5.74) is 5.17. The lowest BCUT2D eigenvalue weighted by Crippen LogP contribution is -2.36. The summed E-state index contributed by atoms with van der Waals surface area (Å²) in [6.07, 6.45) is -3.96. The number of halogens is 3. The van der Waals surface area contributed by atoms with Gasteiger partial charge < -0.3 is 25.1 Å². The van der Waals surface area contributed by atoms with E-state index in [4.69, 9.17) is 19.9 Å². The molecule has 34 heavy (non-hydrogen) atoms. The normalized spacial score (nSPS) is 13.5. The van der Waals surface area contributed by atoms with E-state index in [0.717, 1.165) is 28.7 Å². The maximum Gasteiger partial charge on any atom is 0.419 e. The fourth-order valence-corrected chi connectivity index (χ4v) is 3.83. The van der Waals surface area contributed by atoms with Gasteiger partial charge in [0.25, 0.3) is 0 Å². The molecule has 3 aromatic rings. The molecule has 0 saturated heterocycles. The molecule has 3 rings (SSSR count). The van der Waals surface area contributed by atoms with Gasteiger partial charge in [-0.05, 0) is 49.2 Å². The first kappa shape index (κ1) is 25.9. The molecule has 2 aromatic carbocycles. The quantitative estimate of drug-likeness (QED) is 0.386. The molecule has 11 heteroatoms. The standard InChI is InChI=1S/C23H26F3N3O4S/c1-22(27,14-30)21-29-28-20(34-21)16-5-8-19(18(13-16)23(24,25)26)33-12-11-32-10-9-15-3-6-17(31-2)7-4-15/h3-8,13,30H,9-12,14,27H2,1-2H3. The lowest BCUT2D eigenvalue weighted by Gasteiger charge is -2.17. The van der Waals surface area contributed by atoms with Crippen molar-refractivity contribution in [1.82, 2.24) is 10.2 Å². The van der Waals surface area contributed by atoms with Crippen LogP contribution in [0.1, 0.15) is 23.1 Å². The van der Waals surface area contributed by atoms with E-state index in [1.165, 1.54) is 12.1 Å². The van der Waals surface area contributed by atoms with Crippen molar-refractivity contribution >= 4 is 11.3 Å². The number of nitrogens with zero attached hydrogens (tertiary/aromatic N) is 2. The van der Waals surface area contributed by atoms with Crippen molar-refractivity contribution in [2.75, 3.05) is 33.5 Å². The van der Waals surface area contributed by atoms with Crippen LogP contribution in [-0.2, 0) is 22.9 Å². The molecule has 1 aromatic heterocycles. The molecular weight excluding hydrogens is 471 g/mol. The monoisotopic (exact) mass is 497 g/mol. The molecule has 0 aliphatic rings. The number of aromatic nitrogens is 2. The fourth-order valence-electron chi connectivity index (χ4n) is 2.94. The summed E-state index contributed by atoms with van der Waals surface area (Å²) in [5, 5.41) is 17.8. The van der Waals surface area contributed by atoms with Gasteiger partial charge >= 0.3 is 6.18 Å². The molecule has 1 atom stereocenters. The second kappa shape index (κ2) is 11.1. The largest absolute Gasteiger partial charge is 0.497 e. The predicted octanol–water partition coefficient (Wildman–Crippen LogP) is 4.04. The van der Waals surface area contributed by atoms with Crippen molar-refractivity contribution < 1.29 is 32.5 Å². The highest BCUT2D eigenvalue weighted by molar-refractivity contribution is 7.14. The van der Waals surface area contributed by atoms with E-state index >= 15 is 0 Å². The Morgan fingerprint density at radius 1 is 1.03 bits per heavy atom. The minimum Gasteiger partial charge on any atom is -0.497 e. The smallest absolute Gasteiger partial charge is 0.419 e. The summed E-state index contributed by atoms with van der Waals surface area (Å²) >= 11 is 1.03. The molecule has 0 spiro atoms. The first-order valence-electron chi connectivity index (χ1n) is 10.4. The molecule has 0 aliphatic heterocycles. The molecular formula is C23H26F3N3O4S. The van der Waals surface area contributed by atoms with E-state index in [1.54, 1.807) is 14.0 Å². The van der Waals surface area contributed by atoms with Crippen molar-refractivity contribution in [3.63, 3.8) is 0 Å². The topological polar surface area (TPSA) is 99.7 Å². The number of alkyl halides is 3. The van der Waals surface area contributed by atoms with Crippen LogP contribution < -0.4 is 15.2 Å². The summed E-state index contributed by atoms with van der Waals surface area (Å²) in [6, 6.07) is 11.3. The van der Waals surface area contributed by atoms with Crippen LogP contribution >= 0.6 is 11.3 Å². The summed E-state index contributed by atoms with van der Waals surface area (Å²) < 4.78 is 56.9. The van der Waals surface area contributed by atoms with Gasteiger partial charge in [-0.15, -0.1) is 10.2 Å². The average molecular weight is 498 g/mol. The van der Waals surface area contributed by atoms with Crippen molar-refractivity contribution in [3.05, 3.63) is 58.6 Å².